The Kier molecular flexibility index (Phi) is 13.7. The normalized spacial score (nSPS) is 12.2. The summed E-state index contributed by atoms with van der Waals surface area (Å²) in [5, 5.41) is 8.68. The summed E-state index contributed by atoms with van der Waals surface area (Å²) in [5.74, 6) is 0. The average Bonchev–Trinajstić information content (AvgIpc) is 3.06. The van der Waals surface area contributed by atoms with Crippen molar-refractivity contribution in [2.24, 2.45) is 0 Å². The van der Waals surface area contributed by atoms with Crippen molar-refractivity contribution < 1.29 is 28.6 Å². The van der Waals surface area contributed by atoms with Gasteiger partial charge in [0.2, 0.25) is 0 Å². The van der Waals surface area contributed by atoms with E-state index in [-0.39, 0.29) is 19.6 Å². The monoisotopic (exact) mass is 709 g/mol. The zero-order chi connectivity index (χ0) is 38.9. The van der Waals surface area contributed by atoms with E-state index in [0.29, 0.717) is 0 Å². The third kappa shape index (κ3) is 11.9. The van der Waals surface area contributed by atoms with Gasteiger partial charge < -0.3 is 30.2 Å². The van der Waals surface area contributed by atoms with Gasteiger partial charge in [-0.15, -0.1) is 0 Å². The van der Waals surface area contributed by atoms with E-state index in [9.17, 15) is 14.4 Å². The fourth-order valence-corrected chi connectivity index (χ4v) is 5.38. The van der Waals surface area contributed by atoms with Crippen LogP contribution in [0.25, 0.3) is 16.7 Å². The van der Waals surface area contributed by atoms with Crippen LogP contribution in [0.5, 0.6) is 0 Å². The summed E-state index contributed by atoms with van der Waals surface area (Å²) in [4.78, 5) is 39.2. The van der Waals surface area contributed by atoms with Crippen LogP contribution in [0, 0.1) is 0 Å². The molecule has 0 spiro atoms. The number of nitrogens with one attached hydrogen (secondary N) is 3. The third-order valence-corrected chi connectivity index (χ3v) is 8.87. The quantitative estimate of drug-likeness (QED) is 0.135. The molecule has 0 aliphatic rings. The molecular formula is C43H55N3O6. The minimum atomic E-state index is -0.934. The highest BCUT2D eigenvalue weighted by atomic mass is 16.6. The first kappa shape index (κ1) is 41.1. The van der Waals surface area contributed by atoms with Crippen LogP contribution < -0.4 is 16.0 Å². The Morgan fingerprint density at radius 2 is 1.00 bits per heavy atom. The average molecular weight is 710 g/mol. The Morgan fingerprint density at radius 1 is 0.577 bits per heavy atom. The molecule has 0 saturated heterocycles. The molecule has 278 valence electrons. The van der Waals surface area contributed by atoms with Crippen molar-refractivity contribution >= 4 is 35.0 Å². The standard InChI is InChI=1S/C43H55N3O6/c1-28(2)31-16-20-34(21-17-31)41(7,8)44-38(47)50-25-24-37(52-40(49)46-43(11,12)36-15-13-14-33(26-36)30(5)6)27-51-39(48)45-42(9,10)35-22-18-32(19-23-35)29(3)4/h13-23,26,37H,1,3,5,24-25,27H2,2,4,6-12H3,(H,44,47)(H,45,48)(H,46,49). The van der Waals surface area contributed by atoms with Crippen molar-refractivity contribution in [3.63, 3.8) is 0 Å². The van der Waals surface area contributed by atoms with Gasteiger partial charge in [0, 0.05) is 6.42 Å². The first-order chi connectivity index (χ1) is 24.2. The molecule has 52 heavy (non-hydrogen) atoms. The van der Waals surface area contributed by atoms with Crippen LogP contribution in [0.1, 0.15) is 102 Å². The summed E-state index contributed by atoms with van der Waals surface area (Å²) in [6.45, 7) is 28.5. The summed E-state index contributed by atoms with van der Waals surface area (Å²) in [6, 6.07) is 23.2. The molecular weight excluding hydrogens is 654 g/mol. The van der Waals surface area contributed by atoms with E-state index in [1.54, 1.807) is 0 Å². The van der Waals surface area contributed by atoms with Crippen LogP contribution in [0.3, 0.4) is 0 Å². The third-order valence-electron chi connectivity index (χ3n) is 8.87. The predicted molar refractivity (Wildman–Crippen MR) is 210 cm³/mol. The largest absolute Gasteiger partial charge is 0.449 e. The van der Waals surface area contributed by atoms with Gasteiger partial charge in [-0.1, -0.05) is 103 Å². The van der Waals surface area contributed by atoms with E-state index in [2.05, 4.69) is 35.7 Å². The molecule has 3 aromatic rings. The maximum Gasteiger partial charge on any atom is 0.408 e. The molecule has 3 aromatic carbocycles. The number of amides is 3. The van der Waals surface area contributed by atoms with Gasteiger partial charge in [-0.2, -0.15) is 0 Å². The van der Waals surface area contributed by atoms with Crippen LogP contribution >= 0.6 is 0 Å². The Balaban J connectivity index is 1.67. The summed E-state index contributed by atoms with van der Waals surface area (Å²) in [6.07, 6.45) is -2.93. The lowest BCUT2D eigenvalue weighted by atomic mass is 9.92. The summed E-state index contributed by atoms with van der Waals surface area (Å²) >= 11 is 0. The maximum absolute atomic E-state index is 13.3. The molecule has 1 atom stereocenters. The van der Waals surface area contributed by atoms with Crippen molar-refractivity contribution in [2.45, 2.75) is 91.5 Å². The van der Waals surface area contributed by atoms with Crippen LogP contribution in [0.4, 0.5) is 14.4 Å². The van der Waals surface area contributed by atoms with Gasteiger partial charge in [-0.05, 0) is 102 Å². The number of carbonyl (C=O) groups excluding carboxylic acids is 3. The molecule has 3 rings (SSSR count). The van der Waals surface area contributed by atoms with Crippen molar-refractivity contribution in [1.29, 1.82) is 0 Å². The molecule has 9 nitrogen and oxygen atoms in total. The van der Waals surface area contributed by atoms with E-state index in [4.69, 9.17) is 14.2 Å². The maximum atomic E-state index is 13.3. The SMILES string of the molecule is C=C(C)c1ccc(C(C)(C)NC(=O)OCCC(COC(=O)NC(C)(C)c2ccc(C(=C)C)cc2)OC(=O)NC(C)(C)c2cccc(C(=C)C)c2)cc1. The van der Waals surface area contributed by atoms with Crippen molar-refractivity contribution in [3.8, 4) is 0 Å². The molecule has 3 amide bonds. The fraction of sp³-hybridized carbons (Fsp3) is 0.372. The molecule has 0 aliphatic heterocycles. The molecule has 0 fully saturated rings. The molecule has 1 unspecified atom stereocenters. The highest BCUT2D eigenvalue weighted by Crippen LogP contribution is 2.26. The number of allylic oxidation sites excluding steroid dienone is 3. The van der Waals surface area contributed by atoms with Gasteiger partial charge in [-0.25, -0.2) is 14.4 Å². The number of hydrogen-bond donors (Lipinski definition) is 3. The van der Waals surface area contributed by atoms with Crippen LogP contribution in [0.2, 0.25) is 0 Å². The minimum absolute atomic E-state index is 0.0686. The van der Waals surface area contributed by atoms with Crippen molar-refractivity contribution in [2.75, 3.05) is 13.2 Å². The zero-order valence-electron chi connectivity index (χ0n) is 32.2. The number of alkyl carbamates (subject to hydrolysis) is 3. The highest BCUT2D eigenvalue weighted by Gasteiger charge is 2.29. The van der Waals surface area contributed by atoms with Gasteiger partial charge in [0.1, 0.15) is 12.7 Å². The van der Waals surface area contributed by atoms with Crippen LogP contribution in [0.15, 0.2) is 92.5 Å². The van der Waals surface area contributed by atoms with E-state index >= 15 is 0 Å². The molecule has 0 aliphatic carbocycles. The molecule has 0 radical (unpaired) electrons. The number of rotatable bonds is 15. The number of ether oxygens (including phenoxy) is 3. The van der Waals surface area contributed by atoms with Gasteiger partial charge in [0.15, 0.2) is 0 Å². The second-order valence-corrected chi connectivity index (χ2v) is 14.9. The lowest BCUT2D eigenvalue weighted by Crippen LogP contribution is -2.45. The summed E-state index contributed by atoms with van der Waals surface area (Å²) in [7, 11) is 0. The molecule has 0 heterocycles. The van der Waals surface area contributed by atoms with Crippen LogP contribution in [-0.2, 0) is 30.8 Å². The summed E-state index contributed by atoms with van der Waals surface area (Å²) < 4.78 is 16.8. The molecule has 3 N–H and O–H groups in total. The van der Waals surface area contributed by atoms with Gasteiger partial charge in [0.05, 0.1) is 23.2 Å². The van der Waals surface area contributed by atoms with E-state index in [0.717, 1.165) is 50.1 Å². The molecule has 9 heteroatoms. The molecule has 0 saturated carbocycles. The van der Waals surface area contributed by atoms with Crippen molar-refractivity contribution in [1.82, 2.24) is 16.0 Å². The minimum Gasteiger partial charge on any atom is -0.449 e. The van der Waals surface area contributed by atoms with Crippen LogP contribution in [-0.4, -0.2) is 37.6 Å². The summed E-state index contributed by atoms with van der Waals surface area (Å²) in [5.41, 5.74) is 6.06. The second kappa shape index (κ2) is 17.3. The number of benzene rings is 3. The Labute approximate surface area is 309 Å². The van der Waals surface area contributed by atoms with Gasteiger partial charge in [0.25, 0.3) is 0 Å². The van der Waals surface area contributed by atoms with Gasteiger partial charge >= 0.3 is 18.3 Å². The Hall–Kier alpha value is -5.31. The lowest BCUT2D eigenvalue weighted by Gasteiger charge is -2.29. The Morgan fingerprint density at radius 3 is 1.46 bits per heavy atom. The number of carbonyl (C=O) groups is 3. The van der Waals surface area contributed by atoms with Crippen molar-refractivity contribution in [3.05, 3.63) is 126 Å². The van der Waals surface area contributed by atoms with Gasteiger partial charge in [-0.3, -0.25) is 0 Å². The first-order valence-corrected chi connectivity index (χ1v) is 17.4. The highest BCUT2D eigenvalue weighted by molar-refractivity contribution is 5.71. The topological polar surface area (TPSA) is 115 Å². The smallest absolute Gasteiger partial charge is 0.408 e. The zero-order valence-corrected chi connectivity index (χ0v) is 32.2. The first-order valence-electron chi connectivity index (χ1n) is 17.4. The molecule has 0 aromatic heterocycles. The predicted octanol–water partition coefficient (Wildman–Crippen LogP) is 9.83. The molecule has 0 bridgehead atoms. The van der Waals surface area contributed by atoms with E-state index in [1.165, 1.54) is 0 Å². The van der Waals surface area contributed by atoms with E-state index < -0.39 is 41.0 Å². The number of hydrogen-bond acceptors (Lipinski definition) is 6. The lowest BCUT2D eigenvalue weighted by molar-refractivity contribution is 0.0236. The van der Waals surface area contributed by atoms with E-state index in [1.807, 2.05) is 135 Å². The Bertz CT molecular complexity index is 1770. The second-order valence-electron chi connectivity index (χ2n) is 14.9. The fourth-order valence-electron chi connectivity index (χ4n) is 5.38.